The highest BCUT2D eigenvalue weighted by Gasteiger charge is 2.44. The van der Waals surface area contributed by atoms with Crippen LogP contribution in [0.5, 0.6) is 0 Å². The van der Waals surface area contributed by atoms with Crippen LogP contribution in [-0.2, 0) is 14.3 Å². The number of unbranched alkanes of at least 4 members (excludes halogenated alkanes) is 44. The van der Waals surface area contributed by atoms with Crippen LogP contribution in [0.25, 0.3) is 0 Å². The average Bonchev–Trinajstić information content (AvgIpc) is 3.65. The lowest BCUT2D eigenvalue weighted by atomic mass is 9.99. The highest BCUT2D eigenvalue weighted by atomic mass is 16.7. The van der Waals surface area contributed by atoms with Crippen LogP contribution in [0.4, 0.5) is 0 Å². The Morgan fingerprint density at radius 3 is 1.09 bits per heavy atom. The SMILES string of the molecule is CC/C=C\C/C=C\C/C=C\C/C=C\C/C=C\CCCCCCCCCCCCCCCCCCCC(=O)NC(COC1OC(CO)C(O)C(O)C1O)C(O)/C=C/CC/C=C/CCCCCCCCCCCCCCCCCCCCCCCCCCCC. The standard InChI is InChI=1S/C79H143NO8/c1-3-5-7-9-11-13-15-17-19-21-23-25-27-29-31-33-35-37-39-41-43-45-47-49-51-53-55-57-59-61-63-65-67-69-75(83)80-72(71-87-79-78(86)77(85)76(84)74(70-81)88-79)73(82)68-66-64-62-60-58-56-54-52-50-48-46-44-42-40-38-36-34-32-30-28-26-24-22-20-18-16-14-12-10-8-6-4-2/h5,7,11,13,17,19,23,25,29,31,58,60,66,68,72-74,76-79,81-82,84-86H,3-4,6,8-10,12,14-16,18,20-22,24,26-28,30,32-57,59,61-65,67,69-71H2,1-2H3,(H,80,83)/b7-5-,13-11-,19-17-,25-23-,31-29-,60-58+,68-66+. The Bertz CT molecular complexity index is 1670. The molecule has 6 N–H and O–H groups in total. The molecule has 88 heavy (non-hydrogen) atoms. The number of nitrogens with one attached hydrogen (secondary N) is 1. The maximum Gasteiger partial charge on any atom is 0.220 e. The minimum atomic E-state index is -1.58. The summed E-state index contributed by atoms with van der Waals surface area (Å²) in [5.74, 6) is -0.183. The van der Waals surface area contributed by atoms with Crippen LogP contribution in [0.3, 0.4) is 0 Å². The molecule has 0 bridgehead atoms. The number of allylic oxidation sites excluding steroid dienone is 13. The topological polar surface area (TPSA) is 149 Å². The molecular weight excluding hydrogens is 1090 g/mol. The zero-order valence-corrected chi connectivity index (χ0v) is 57.5. The number of hydrogen-bond acceptors (Lipinski definition) is 8. The van der Waals surface area contributed by atoms with E-state index in [1.807, 2.05) is 6.08 Å². The summed E-state index contributed by atoms with van der Waals surface area (Å²) in [6.45, 7) is 3.69. The van der Waals surface area contributed by atoms with Crippen LogP contribution in [0.1, 0.15) is 354 Å². The molecule has 1 fully saturated rings. The van der Waals surface area contributed by atoms with E-state index >= 15 is 0 Å². The van der Waals surface area contributed by atoms with Gasteiger partial charge in [0, 0.05) is 6.42 Å². The molecule has 9 heteroatoms. The third-order valence-corrected chi connectivity index (χ3v) is 17.7. The van der Waals surface area contributed by atoms with Gasteiger partial charge in [0.2, 0.25) is 5.91 Å². The lowest BCUT2D eigenvalue weighted by Gasteiger charge is -2.40. The van der Waals surface area contributed by atoms with E-state index in [0.29, 0.717) is 6.42 Å². The maximum absolute atomic E-state index is 13.2. The van der Waals surface area contributed by atoms with Gasteiger partial charge in [0.25, 0.3) is 0 Å². The van der Waals surface area contributed by atoms with E-state index in [0.717, 1.165) is 70.6 Å². The first-order valence-corrected chi connectivity index (χ1v) is 37.8. The van der Waals surface area contributed by atoms with Gasteiger partial charge in [0.1, 0.15) is 24.4 Å². The van der Waals surface area contributed by atoms with Gasteiger partial charge in [-0.25, -0.2) is 0 Å². The van der Waals surface area contributed by atoms with E-state index in [1.54, 1.807) is 6.08 Å². The van der Waals surface area contributed by atoms with Gasteiger partial charge in [0.05, 0.1) is 25.4 Å². The van der Waals surface area contributed by atoms with Crippen LogP contribution in [0.2, 0.25) is 0 Å². The molecule has 0 spiro atoms. The monoisotopic (exact) mass is 1230 g/mol. The fourth-order valence-electron chi connectivity index (χ4n) is 11.9. The van der Waals surface area contributed by atoms with Crippen molar-refractivity contribution in [2.45, 2.75) is 397 Å². The second kappa shape index (κ2) is 67.3. The van der Waals surface area contributed by atoms with Gasteiger partial charge in [-0.2, -0.15) is 0 Å². The lowest BCUT2D eigenvalue weighted by molar-refractivity contribution is -0.302. The lowest BCUT2D eigenvalue weighted by Crippen LogP contribution is -2.60. The number of ether oxygens (including phenoxy) is 2. The zero-order chi connectivity index (χ0) is 63.5. The van der Waals surface area contributed by atoms with Gasteiger partial charge < -0.3 is 40.3 Å². The Morgan fingerprint density at radius 2 is 0.716 bits per heavy atom. The molecule has 512 valence electrons. The minimum Gasteiger partial charge on any atom is -0.394 e. The number of hydrogen-bond donors (Lipinski definition) is 6. The number of carbonyl (C=O) groups is 1. The van der Waals surface area contributed by atoms with E-state index < -0.39 is 49.5 Å². The Balaban J connectivity index is 2.12. The predicted molar refractivity (Wildman–Crippen MR) is 378 cm³/mol. The summed E-state index contributed by atoms with van der Waals surface area (Å²) in [5.41, 5.74) is 0. The largest absolute Gasteiger partial charge is 0.394 e. The molecule has 1 aliphatic heterocycles. The second-order valence-electron chi connectivity index (χ2n) is 26.1. The van der Waals surface area contributed by atoms with Crippen LogP contribution in [-0.4, -0.2) is 87.5 Å². The normalized spacial score (nSPS) is 18.4. The summed E-state index contributed by atoms with van der Waals surface area (Å²) >= 11 is 0. The van der Waals surface area contributed by atoms with Crippen molar-refractivity contribution in [2.75, 3.05) is 13.2 Å². The smallest absolute Gasteiger partial charge is 0.220 e. The molecule has 0 aromatic rings. The second-order valence-corrected chi connectivity index (χ2v) is 26.1. The first-order chi connectivity index (χ1) is 43.3. The molecule has 1 amide bonds. The van der Waals surface area contributed by atoms with Crippen LogP contribution < -0.4 is 5.32 Å². The fraction of sp³-hybridized carbons (Fsp3) is 0.810. The summed E-state index contributed by atoms with van der Waals surface area (Å²) in [6.07, 6.45) is 90.0. The number of amides is 1. The first-order valence-electron chi connectivity index (χ1n) is 37.8. The summed E-state index contributed by atoms with van der Waals surface area (Å²) in [4.78, 5) is 13.2. The van der Waals surface area contributed by atoms with Gasteiger partial charge in [-0.05, 0) is 77.0 Å². The van der Waals surface area contributed by atoms with Gasteiger partial charge in [-0.1, -0.05) is 356 Å². The van der Waals surface area contributed by atoms with Crippen LogP contribution >= 0.6 is 0 Å². The van der Waals surface area contributed by atoms with E-state index in [9.17, 15) is 30.3 Å². The molecule has 1 rings (SSSR count). The summed E-state index contributed by atoms with van der Waals surface area (Å²) in [6, 6.07) is -0.827. The minimum absolute atomic E-state index is 0.183. The number of aliphatic hydroxyl groups is 5. The van der Waals surface area contributed by atoms with E-state index in [1.165, 1.54) is 263 Å². The van der Waals surface area contributed by atoms with Crippen LogP contribution in [0, 0.1) is 0 Å². The molecule has 7 atom stereocenters. The summed E-state index contributed by atoms with van der Waals surface area (Å²) < 4.78 is 11.3. The van der Waals surface area contributed by atoms with E-state index in [4.69, 9.17) is 9.47 Å². The molecule has 0 aliphatic carbocycles. The van der Waals surface area contributed by atoms with Crippen molar-refractivity contribution in [3.63, 3.8) is 0 Å². The third kappa shape index (κ3) is 55.0. The molecule has 7 unspecified atom stereocenters. The predicted octanol–water partition coefficient (Wildman–Crippen LogP) is 21.3. The van der Waals surface area contributed by atoms with Crippen molar-refractivity contribution < 1.29 is 39.8 Å². The summed E-state index contributed by atoms with van der Waals surface area (Å²) in [7, 11) is 0. The molecule has 0 aromatic heterocycles. The summed E-state index contributed by atoms with van der Waals surface area (Å²) in [5, 5.41) is 54.8. The molecule has 0 aromatic carbocycles. The van der Waals surface area contributed by atoms with Gasteiger partial charge >= 0.3 is 0 Å². The third-order valence-electron chi connectivity index (χ3n) is 17.7. The average molecular weight is 1240 g/mol. The van der Waals surface area contributed by atoms with Crippen molar-refractivity contribution in [3.8, 4) is 0 Å². The van der Waals surface area contributed by atoms with E-state index in [2.05, 4.69) is 92.1 Å². The quantitative estimate of drug-likeness (QED) is 0.0261. The van der Waals surface area contributed by atoms with Crippen LogP contribution in [0.15, 0.2) is 85.1 Å². The molecular formula is C79H143NO8. The first kappa shape index (κ1) is 83.4. The highest BCUT2D eigenvalue weighted by Crippen LogP contribution is 2.23. The van der Waals surface area contributed by atoms with E-state index in [-0.39, 0.29) is 12.5 Å². The molecule has 1 heterocycles. The van der Waals surface area contributed by atoms with Gasteiger partial charge in [0.15, 0.2) is 6.29 Å². The van der Waals surface area contributed by atoms with Crippen molar-refractivity contribution in [1.82, 2.24) is 5.32 Å². The van der Waals surface area contributed by atoms with Gasteiger partial charge in [-0.3, -0.25) is 4.79 Å². The molecule has 0 saturated carbocycles. The fourth-order valence-corrected chi connectivity index (χ4v) is 11.9. The highest BCUT2D eigenvalue weighted by molar-refractivity contribution is 5.76. The van der Waals surface area contributed by atoms with Crippen molar-refractivity contribution >= 4 is 5.91 Å². The Labute approximate surface area is 543 Å². The molecule has 1 aliphatic rings. The van der Waals surface area contributed by atoms with Crippen molar-refractivity contribution in [2.24, 2.45) is 0 Å². The molecule has 9 nitrogen and oxygen atoms in total. The molecule has 0 radical (unpaired) electrons. The maximum atomic E-state index is 13.2. The molecule has 1 saturated heterocycles. The number of aliphatic hydroxyl groups excluding tert-OH is 5. The van der Waals surface area contributed by atoms with Crippen molar-refractivity contribution in [3.05, 3.63) is 85.1 Å². The number of rotatable bonds is 66. The number of carbonyl (C=O) groups excluding carboxylic acids is 1. The van der Waals surface area contributed by atoms with Crippen molar-refractivity contribution in [1.29, 1.82) is 0 Å². The zero-order valence-electron chi connectivity index (χ0n) is 57.5. The Hall–Kier alpha value is -2.63. The Morgan fingerprint density at radius 1 is 0.398 bits per heavy atom. The Kier molecular flexibility index (Phi) is 63.7. The van der Waals surface area contributed by atoms with Gasteiger partial charge in [-0.15, -0.1) is 0 Å².